The molecule has 144 valence electrons. The van der Waals surface area contributed by atoms with Gasteiger partial charge in [0.05, 0.1) is 0 Å². The molecule has 0 aromatic rings. The molecule has 3 rings (SSSR count). The molecule has 3 heteroatoms. The molecule has 2 heterocycles. The minimum atomic E-state index is 0.649. The van der Waals surface area contributed by atoms with Gasteiger partial charge < -0.3 is 10.6 Å². The number of nitrogens with zero attached hydrogens (tertiary/aromatic N) is 2. The van der Waals surface area contributed by atoms with Crippen LogP contribution < -0.4 is 5.73 Å². The van der Waals surface area contributed by atoms with Crippen molar-refractivity contribution in [3.63, 3.8) is 0 Å². The zero-order valence-electron chi connectivity index (χ0n) is 17.0. The molecule has 2 fully saturated rings. The van der Waals surface area contributed by atoms with Crippen molar-refractivity contribution < 1.29 is 0 Å². The van der Waals surface area contributed by atoms with Crippen LogP contribution in [0, 0.1) is 5.92 Å². The molecular weight excluding hydrogens is 306 g/mol. The van der Waals surface area contributed by atoms with Crippen LogP contribution in [0.3, 0.4) is 0 Å². The van der Waals surface area contributed by atoms with E-state index in [4.69, 9.17) is 5.73 Å². The van der Waals surface area contributed by atoms with Gasteiger partial charge >= 0.3 is 0 Å². The van der Waals surface area contributed by atoms with E-state index in [-0.39, 0.29) is 0 Å². The van der Waals surface area contributed by atoms with Gasteiger partial charge in [-0.3, -0.25) is 4.90 Å². The Bertz CT molecular complexity index is 427. The maximum Gasteiger partial charge on any atom is 0.0236 e. The third kappa shape index (κ3) is 7.24. The Hall–Kier alpha value is -0.640. The van der Waals surface area contributed by atoms with E-state index in [2.05, 4.69) is 42.7 Å². The molecule has 2 N–H and O–H groups in total. The highest BCUT2D eigenvalue weighted by atomic mass is 15.2. The summed E-state index contributed by atoms with van der Waals surface area (Å²) in [5.74, 6) is 1.04. The zero-order chi connectivity index (χ0) is 18.1. The van der Waals surface area contributed by atoms with Crippen molar-refractivity contribution in [2.45, 2.75) is 71.8 Å². The molecule has 0 radical (unpaired) electrons. The molecule has 0 amide bonds. The largest absolute Gasteiger partial charge is 0.327 e. The van der Waals surface area contributed by atoms with Crippen molar-refractivity contribution in [3.05, 3.63) is 23.3 Å². The lowest BCUT2D eigenvalue weighted by Gasteiger charge is -2.40. The first-order valence-electron chi connectivity index (χ1n) is 10.7. The van der Waals surface area contributed by atoms with E-state index in [9.17, 15) is 0 Å². The fraction of sp³-hybridized carbons (Fsp3) is 0.818. The molecule has 1 saturated heterocycles. The van der Waals surface area contributed by atoms with Gasteiger partial charge in [-0.05, 0) is 63.6 Å². The summed E-state index contributed by atoms with van der Waals surface area (Å²) in [5, 5.41) is 0. The Kier molecular flexibility index (Phi) is 9.22. The van der Waals surface area contributed by atoms with E-state index in [1.807, 2.05) is 0 Å². The Morgan fingerprint density at radius 3 is 2.28 bits per heavy atom. The molecule has 0 aromatic heterocycles. The average Bonchev–Trinajstić information content (AvgIpc) is 3.46. The van der Waals surface area contributed by atoms with Gasteiger partial charge in [0.1, 0.15) is 0 Å². The topological polar surface area (TPSA) is 32.5 Å². The Morgan fingerprint density at radius 1 is 1.04 bits per heavy atom. The number of nitrogens with two attached hydrogens (primary N) is 1. The molecule has 0 spiro atoms. The number of likely N-dealkylation sites (tertiary alicyclic amines) is 1. The first kappa shape index (κ1) is 20.7. The lowest BCUT2D eigenvalue weighted by atomic mass is 9.96. The Morgan fingerprint density at radius 2 is 1.72 bits per heavy atom. The van der Waals surface area contributed by atoms with Crippen molar-refractivity contribution >= 4 is 0 Å². The van der Waals surface area contributed by atoms with Gasteiger partial charge in [0.25, 0.3) is 0 Å². The molecule has 0 unspecified atom stereocenters. The highest BCUT2D eigenvalue weighted by Crippen LogP contribution is 2.31. The van der Waals surface area contributed by atoms with Gasteiger partial charge in [-0.1, -0.05) is 44.4 Å². The molecular formula is C22H41N3. The number of piperidine rings is 1. The summed E-state index contributed by atoms with van der Waals surface area (Å²) in [4.78, 5) is 5.42. The van der Waals surface area contributed by atoms with Crippen LogP contribution in [-0.2, 0) is 0 Å². The summed E-state index contributed by atoms with van der Waals surface area (Å²) >= 11 is 0. The van der Waals surface area contributed by atoms with Crippen LogP contribution in [-0.4, -0.2) is 55.1 Å². The van der Waals surface area contributed by atoms with Gasteiger partial charge in [-0.15, -0.1) is 0 Å². The minimum absolute atomic E-state index is 0.649. The molecule has 0 atom stereocenters. The van der Waals surface area contributed by atoms with Gasteiger partial charge in [-0.2, -0.15) is 0 Å². The third-order valence-corrected chi connectivity index (χ3v) is 5.94. The van der Waals surface area contributed by atoms with E-state index in [1.54, 1.807) is 5.57 Å². The molecule has 1 saturated carbocycles. The maximum absolute atomic E-state index is 5.60. The summed E-state index contributed by atoms with van der Waals surface area (Å²) in [5.41, 5.74) is 8.66. The molecule has 0 aromatic carbocycles. The van der Waals surface area contributed by atoms with Gasteiger partial charge in [0.15, 0.2) is 0 Å². The minimum Gasteiger partial charge on any atom is -0.327 e. The molecule has 3 nitrogen and oxygen atoms in total. The van der Waals surface area contributed by atoms with Crippen molar-refractivity contribution in [2.75, 3.05) is 39.3 Å². The number of hydrogen-bond donors (Lipinski definition) is 1. The van der Waals surface area contributed by atoms with E-state index in [0.717, 1.165) is 18.5 Å². The van der Waals surface area contributed by atoms with Gasteiger partial charge in [0.2, 0.25) is 0 Å². The van der Waals surface area contributed by atoms with Crippen molar-refractivity contribution in [1.82, 2.24) is 9.80 Å². The first-order valence-corrected chi connectivity index (χ1v) is 10.7. The molecule has 3 aliphatic rings. The lowest BCUT2D eigenvalue weighted by molar-refractivity contribution is 0.110. The molecule has 1 aliphatic carbocycles. The summed E-state index contributed by atoms with van der Waals surface area (Å²) in [6.07, 6.45) is 13.9. The van der Waals surface area contributed by atoms with Crippen LogP contribution in [0.15, 0.2) is 23.3 Å². The normalized spacial score (nSPS) is 23.8. The number of hydrogen-bond acceptors (Lipinski definition) is 3. The van der Waals surface area contributed by atoms with E-state index >= 15 is 0 Å². The van der Waals surface area contributed by atoms with E-state index in [1.165, 1.54) is 76.7 Å². The third-order valence-electron chi connectivity index (χ3n) is 5.94. The lowest BCUT2D eigenvalue weighted by Crippen LogP contribution is -2.47. The summed E-state index contributed by atoms with van der Waals surface area (Å²) in [6.45, 7) is 13.7. The number of rotatable bonds is 6. The smallest absolute Gasteiger partial charge is 0.0236 e. The highest BCUT2D eigenvalue weighted by molar-refractivity contribution is 5.28. The fourth-order valence-corrected chi connectivity index (χ4v) is 3.75. The predicted molar refractivity (Wildman–Crippen MR) is 110 cm³/mol. The average molecular weight is 348 g/mol. The second-order valence-corrected chi connectivity index (χ2v) is 8.14. The van der Waals surface area contributed by atoms with Crippen molar-refractivity contribution in [1.29, 1.82) is 0 Å². The molecule has 2 aliphatic heterocycles. The van der Waals surface area contributed by atoms with Crippen molar-refractivity contribution in [2.24, 2.45) is 11.7 Å². The second kappa shape index (κ2) is 11.2. The van der Waals surface area contributed by atoms with Crippen LogP contribution in [0.1, 0.15) is 65.7 Å². The number of unbranched alkanes of at least 4 members (excludes halogenated alkanes) is 1. The fourth-order valence-electron chi connectivity index (χ4n) is 3.75. The summed E-state index contributed by atoms with van der Waals surface area (Å²) in [6, 6.07) is 0.801. The zero-order valence-corrected chi connectivity index (χ0v) is 17.0. The van der Waals surface area contributed by atoms with Crippen LogP contribution in [0.2, 0.25) is 0 Å². The summed E-state index contributed by atoms with van der Waals surface area (Å²) in [7, 11) is 0. The standard InChI is InChI=1S/C18H31N3.C4H10/c1-15-6-12-21(14-17(15)3-2-9-19)18-7-10-20(11-8-18)13-16-4-5-16;1-3-4-2/h2-3,16,18H,4-14,19H2,1H3;3-4H2,1-2H3/b3-2-;. The SMILES string of the molecule is CC1=C(/C=C\CN)CN(C2CCN(CC3CC3)CC2)CC1.CCCC. The Labute approximate surface area is 156 Å². The van der Waals surface area contributed by atoms with Crippen LogP contribution in [0.25, 0.3) is 0 Å². The van der Waals surface area contributed by atoms with Gasteiger partial charge in [0, 0.05) is 32.2 Å². The van der Waals surface area contributed by atoms with Crippen LogP contribution in [0.5, 0.6) is 0 Å². The molecule has 25 heavy (non-hydrogen) atoms. The molecule has 0 bridgehead atoms. The summed E-state index contributed by atoms with van der Waals surface area (Å²) < 4.78 is 0. The quantitative estimate of drug-likeness (QED) is 0.781. The van der Waals surface area contributed by atoms with E-state index < -0.39 is 0 Å². The van der Waals surface area contributed by atoms with E-state index in [0.29, 0.717) is 6.54 Å². The maximum atomic E-state index is 5.60. The monoisotopic (exact) mass is 347 g/mol. The second-order valence-electron chi connectivity index (χ2n) is 8.14. The Balaban J connectivity index is 0.000000511. The van der Waals surface area contributed by atoms with Crippen LogP contribution in [0.4, 0.5) is 0 Å². The first-order chi connectivity index (χ1) is 12.2. The highest BCUT2D eigenvalue weighted by Gasteiger charge is 2.30. The van der Waals surface area contributed by atoms with Crippen molar-refractivity contribution in [3.8, 4) is 0 Å². The van der Waals surface area contributed by atoms with Crippen LogP contribution >= 0.6 is 0 Å². The van der Waals surface area contributed by atoms with Gasteiger partial charge in [-0.25, -0.2) is 0 Å². The predicted octanol–water partition coefficient (Wildman–Crippen LogP) is 4.20.